The first-order valence-corrected chi connectivity index (χ1v) is 8.78. The normalized spacial score (nSPS) is 22.6. The van der Waals surface area contributed by atoms with E-state index in [0.717, 1.165) is 0 Å². The van der Waals surface area contributed by atoms with E-state index >= 15 is 0 Å². The van der Waals surface area contributed by atoms with E-state index in [1.807, 2.05) is 6.92 Å². The van der Waals surface area contributed by atoms with Gasteiger partial charge in [-0.25, -0.2) is 8.42 Å². The number of nitrogens with two attached hydrogens (primary N) is 1. The Hall–Kier alpha value is -1.80. The van der Waals surface area contributed by atoms with Gasteiger partial charge < -0.3 is 15.2 Å². The second kappa shape index (κ2) is 6.76. The molecule has 0 spiro atoms. The highest BCUT2D eigenvalue weighted by Crippen LogP contribution is 2.33. The maximum Gasteiger partial charge on any atom is 0.243 e. The Balaban J connectivity index is 2.38. The molecule has 1 aromatic rings. The fraction of sp³-hybridized carbons (Fsp3) is 0.533. The molecule has 8 heteroatoms. The number of methoxy groups -OCH3 is 2. The summed E-state index contributed by atoms with van der Waals surface area (Å²) in [6.07, 6.45) is 1.20. The third kappa shape index (κ3) is 3.42. The third-order valence-corrected chi connectivity index (χ3v) is 6.16. The SMILES string of the molecule is COc1ccc(S(=O)(=O)N2C[C@H](C(N)=O)CC[C@H]2C)cc1OC. The Morgan fingerprint density at radius 2 is 1.87 bits per heavy atom. The average Bonchev–Trinajstić information content (AvgIpc) is 2.54. The van der Waals surface area contributed by atoms with E-state index in [-0.39, 0.29) is 17.5 Å². The second-order valence-electron chi connectivity index (χ2n) is 5.62. The first-order chi connectivity index (χ1) is 10.8. The number of hydrogen-bond acceptors (Lipinski definition) is 5. The van der Waals surface area contributed by atoms with Gasteiger partial charge in [0.15, 0.2) is 11.5 Å². The molecule has 1 heterocycles. The molecule has 0 radical (unpaired) electrons. The molecule has 1 saturated heterocycles. The van der Waals surface area contributed by atoms with Crippen molar-refractivity contribution < 1.29 is 22.7 Å². The molecule has 1 aliphatic heterocycles. The van der Waals surface area contributed by atoms with E-state index in [1.54, 1.807) is 6.07 Å². The lowest BCUT2D eigenvalue weighted by Gasteiger charge is -2.35. The highest BCUT2D eigenvalue weighted by Gasteiger charge is 2.37. The van der Waals surface area contributed by atoms with Crippen molar-refractivity contribution in [1.82, 2.24) is 4.31 Å². The summed E-state index contributed by atoms with van der Waals surface area (Å²) in [5.74, 6) is -0.136. The van der Waals surface area contributed by atoms with E-state index < -0.39 is 21.8 Å². The lowest BCUT2D eigenvalue weighted by molar-refractivity contribution is -0.123. The Bertz CT molecular complexity index is 689. The minimum absolute atomic E-state index is 0.104. The number of benzene rings is 1. The summed E-state index contributed by atoms with van der Waals surface area (Å²) in [5.41, 5.74) is 5.34. The molecule has 2 rings (SSSR count). The van der Waals surface area contributed by atoms with Crippen LogP contribution in [0, 0.1) is 5.92 Å². The van der Waals surface area contributed by atoms with Gasteiger partial charge in [-0.2, -0.15) is 4.31 Å². The van der Waals surface area contributed by atoms with Crippen LogP contribution in [0.2, 0.25) is 0 Å². The van der Waals surface area contributed by atoms with Gasteiger partial charge in [0.05, 0.1) is 25.0 Å². The molecule has 2 atom stereocenters. The Kier molecular flexibility index (Phi) is 5.16. The molecule has 0 aliphatic carbocycles. The first kappa shape index (κ1) is 17.6. The first-order valence-electron chi connectivity index (χ1n) is 7.34. The van der Waals surface area contributed by atoms with Crippen molar-refractivity contribution in [3.8, 4) is 11.5 Å². The van der Waals surface area contributed by atoms with Crippen LogP contribution in [-0.4, -0.2) is 45.4 Å². The fourth-order valence-electron chi connectivity index (χ4n) is 2.75. The minimum Gasteiger partial charge on any atom is -0.493 e. The van der Waals surface area contributed by atoms with Gasteiger partial charge in [0, 0.05) is 18.7 Å². The van der Waals surface area contributed by atoms with Crippen molar-refractivity contribution in [2.75, 3.05) is 20.8 Å². The second-order valence-corrected chi connectivity index (χ2v) is 7.51. The van der Waals surface area contributed by atoms with Crippen molar-refractivity contribution >= 4 is 15.9 Å². The summed E-state index contributed by atoms with van der Waals surface area (Å²) in [4.78, 5) is 11.5. The van der Waals surface area contributed by atoms with E-state index in [9.17, 15) is 13.2 Å². The number of nitrogens with zero attached hydrogens (tertiary/aromatic N) is 1. The zero-order valence-electron chi connectivity index (χ0n) is 13.5. The number of carbonyl (C=O) groups excluding carboxylic acids is 1. The number of ether oxygens (including phenoxy) is 2. The number of sulfonamides is 1. The predicted molar refractivity (Wildman–Crippen MR) is 84.8 cm³/mol. The zero-order chi connectivity index (χ0) is 17.2. The van der Waals surface area contributed by atoms with E-state index in [1.165, 1.54) is 30.7 Å². The number of rotatable bonds is 5. The van der Waals surface area contributed by atoms with Gasteiger partial charge >= 0.3 is 0 Å². The van der Waals surface area contributed by atoms with Crippen LogP contribution < -0.4 is 15.2 Å². The number of primary amides is 1. The van der Waals surface area contributed by atoms with Crippen molar-refractivity contribution in [3.63, 3.8) is 0 Å². The molecular formula is C15H22N2O5S. The zero-order valence-corrected chi connectivity index (χ0v) is 14.3. The Morgan fingerprint density at radius 3 is 2.43 bits per heavy atom. The van der Waals surface area contributed by atoms with Crippen molar-refractivity contribution in [2.45, 2.75) is 30.7 Å². The molecule has 0 saturated carbocycles. The summed E-state index contributed by atoms with van der Waals surface area (Å²) in [5, 5.41) is 0. The van der Waals surface area contributed by atoms with Crippen LogP contribution in [0.5, 0.6) is 11.5 Å². The van der Waals surface area contributed by atoms with Crippen LogP contribution in [0.1, 0.15) is 19.8 Å². The van der Waals surface area contributed by atoms with Crippen molar-refractivity contribution in [2.24, 2.45) is 11.7 Å². The van der Waals surface area contributed by atoms with Crippen LogP contribution in [-0.2, 0) is 14.8 Å². The number of amides is 1. The van der Waals surface area contributed by atoms with Gasteiger partial charge in [0.2, 0.25) is 15.9 Å². The van der Waals surface area contributed by atoms with Gasteiger partial charge in [-0.05, 0) is 31.9 Å². The average molecular weight is 342 g/mol. The minimum atomic E-state index is -3.75. The number of piperidine rings is 1. The van der Waals surface area contributed by atoms with Gasteiger partial charge in [-0.15, -0.1) is 0 Å². The summed E-state index contributed by atoms with van der Waals surface area (Å²) in [7, 11) is -0.818. The third-order valence-electron chi connectivity index (χ3n) is 4.19. The lowest BCUT2D eigenvalue weighted by atomic mass is 9.95. The smallest absolute Gasteiger partial charge is 0.243 e. The van der Waals surface area contributed by atoms with E-state index in [0.29, 0.717) is 24.3 Å². The fourth-order valence-corrected chi connectivity index (χ4v) is 4.48. The molecule has 1 aliphatic rings. The molecule has 128 valence electrons. The number of hydrogen-bond donors (Lipinski definition) is 1. The molecule has 1 fully saturated rings. The standard InChI is InChI=1S/C15H22N2O5S/c1-10-4-5-11(15(16)18)9-17(10)23(19,20)12-6-7-13(21-2)14(8-12)22-3/h6-8,10-11H,4-5,9H2,1-3H3,(H2,16,18)/t10-,11-/m1/s1. The Labute approximate surface area is 136 Å². The quantitative estimate of drug-likeness (QED) is 0.860. The molecule has 1 amide bonds. The Morgan fingerprint density at radius 1 is 1.22 bits per heavy atom. The van der Waals surface area contributed by atoms with Crippen molar-refractivity contribution in [1.29, 1.82) is 0 Å². The highest BCUT2D eigenvalue weighted by atomic mass is 32.2. The van der Waals surface area contributed by atoms with Gasteiger partial charge in [-0.1, -0.05) is 0 Å². The monoisotopic (exact) mass is 342 g/mol. The lowest BCUT2D eigenvalue weighted by Crippen LogP contribution is -2.48. The summed E-state index contributed by atoms with van der Waals surface area (Å²) in [6.45, 7) is 1.93. The summed E-state index contributed by atoms with van der Waals surface area (Å²) < 4.78 is 37.5. The molecule has 0 aromatic heterocycles. The van der Waals surface area contributed by atoms with Gasteiger partial charge in [0.1, 0.15) is 0 Å². The maximum atomic E-state index is 12.9. The molecule has 1 aromatic carbocycles. The summed E-state index contributed by atoms with van der Waals surface area (Å²) >= 11 is 0. The van der Waals surface area contributed by atoms with Crippen LogP contribution in [0.3, 0.4) is 0 Å². The molecule has 0 bridgehead atoms. The van der Waals surface area contributed by atoms with Crippen LogP contribution in [0.15, 0.2) is 23.1 Å². The predicted octanol–water partition coefficient (Wildman–Crippen LogP) is 0.978. The van der Waals surface area contributed by atoms with Crippen molar-refractivity contribution in [3.05, 3.63) is 18.2 Å². The molecule has 2 N–H and O–H groups in total. The van der Waals surface area contributed by atoms with Crippen LogP contribution >= 0.6 is 0 Å². The molecule has 0 unspecified atom stereocenters. The van der Waals surface area contributed by atoms with E-state index in [4.69, 9.17) is 15.2 Å². The van der Waals surface area contributed by atoms with Gasteiger partial charge in [-0.3, -0.25) is 4.79 Å². The topological polar surface area (TPSA) is 98.9 Å². The van der Waals surface area contributed by atoms with Crippen LogP contribution in [0.25, 0.3) is 0 Å². The van der Waals surface area contributed by atoms with Crippen LogP contribution in [0.4, 0.5) is 0 Å². The number of carbonyl (C=O) groups is 1. The van der Waals surface area contributed by atoms with Gasteiger partial charge in [0.25, 0.3) is 0 Å². The largest absolute Gasteiger partial charge is 0.493 e. The molecule has 7 nitrogen and oxygen atoms in total. The maximum absolute atomic E-state index is 12.9. The summed E-state index contributed by atoms with van der Waals surface area (Å²) in [6, 6.07) is 4.25. The molecular weight excluding hydrogens is 320 g/mol. The molecule has 23 heavy (non-hydrogen) atoms. The van der Waals surface area contributed by atoms with E-state index in [2.05, 4.69) is 0 Å². The highest BCUT2D eigenvalue weighted by molar-refractivity contribution is 7.89.